The van der Waals surface area contributed by atoms with Crippen LogP contribution in [0.3, 0.4) is 0 Å². The molecule has 3 atom stereocenters. The van der Waals surface area contributed by atoms with Gasteiger partial charge in [-0.25, -0.2) is 4.79 Å². The number of nitrogens with one attached hydrogen (secondary N) is 1. The van der Waals surface area contributed by atoms with E-state index in [-0.39, 0.29) is 36.7 Å². The zero-order valence-electron chi connectivity index (χ0n) is 27.1. The molecule has 256 valence electrons. The summed E-state index contributed by atoms with van der Waals surface area (Å²) in [6, 6.07) is 30.7. The van der Waals surface area contributed by atoms with E-state index in [0.29, 0.717) is 44.4 Å². The van der Waals surface area contributed by atoms with Crippen LogP contribution in [-0.4, -0.2) is 45.0 Å². The fourth-order valence-corrected chi connectivity index (χ4v) is 6.55. The van der Waals surface area contributed by atoms with E-state index in [4.69, 9.17) is 14.6 Å². The lowest BCUT2D eigenvalue weighted by Crippen LogP contribution is -2.31. The predicted molar refractivity (Wildman–Crippen MR) is 187 cm³/mol. The number of rotatable bonds is 16. The average molecular weight is 684 g/mol. The van der Waals surface area contributed by atoms with Gasteiger partial charge in [-0.1, -0.05) is 73.2 Å². The zero-order valence-corrected chi connectivity index (χ0v) is 27.9. The third-order valence-electron chi connectivity index (χ3n) is 8.38. The number of thioether (sulfide) groups is 1. The van der Waals surface area contributed by atoms with Crippen LogP contribution in [0.4, 0.5) is 0 Å². The van der Waals surface area contributed by atoms with Crippen molar-refractivity contribution in [2.45, 2.75) is 75.1 Å². The smallest absolute Gasteiger partial charge is 0.335 e. The third kappa shape index (κ3) is 10.8. The number of aliphatic carboxylic acids is 1. The lowest BCUT2D eigenvalue weighted by Gasteiger charge is -2.36. The van der Waals surface area contributed by atoms with E-state index in [1.807, 2.05) is 78.9 Å². The van der Waals surface area contributed by atoms with Crippen LogP contribution < -0.4 is 5.32 Å². The first-order valence-corrected chi connectivity index (χ1v) is 17.4. The Bertz CT molecular complexity index is 1690. The topological polar surface area (TPSA) is 142 Å². The summed E-state index contributed by atoms with van der Waals surface area (Å²) in [5.74, 6) is -1.16. The second kappa shape index (κ2) is 17.8. The number of hydrogen-bond acceptors (Lipinski definition) is 7. The van der Waals surface area contributed by atoms with E-state index in [9.17, 15) is 24.6 Å². The molecule has 1 aliphatic rings. The van der Waals surface area contributed by atoms with Crippen molar-refractivity contribution in [3.8, 4) is 11.1 Å². The van der Waals surface area contributed by atoms with Gasteiger partial charge in [0.05, 0.1) is 24.4 Å². The summed E-state index contributed by atoms with van der Waals surface area (Å²) in [5.41, 5.74) is 5.97. The second-order valence-electron chi connectivity index (χ2n) is 12.0. The maximum Gasteiger partial charge on any atom is 0.335 e. The molecule has 1 aliphatic heterocycles. The molecule has 4 aromatic rings. The van der Waals surface area contributed by atoms with Gasteiger partial charge >= 0.3 is 11.9 Å². The Morgan fingerprint density at radius 2 is 1.47 bits per heavy atom. The minimum atomic E-state index is -0.954. The summed E-state index contributed by atoms with van der Waals surface area (Å²) in [4.78, 5) is 35.1. The second-order valence-corrected chi connectivity index (χ2v) is 13.1. The molecular weight excluding hydrogens is 642 g/mol. The van der Waals surface area contributed by atoms with Crippen molar-refractivity contribution in [2.75, 3.05) is 5.75 Å². The molecule has 49 heavy (non-hydrogen) atoms. The quantitative estimate of drug-likeness (QED) is 0.0696. The minimum absolute atomic E-state index is 0.0288. The Balaban J connectivity index is 1.22. The number of aliphatic hydroxyl groups is 1. The van der Waals surface area contributed by atoms with Gasteiger partial charge in [0.25, 0.3) is 0 Å². The number of carboxylic acids is 2. The van der Waals surface area contributed by atoms with Gasteiger partial charge in [-0.05, 0) is 71.0 Å². The molecule has 4 N–H and O–H groups in total. The first-order chi connectivity index (χ1) is 23.8. The molecule has 0 radical (unpaired) electrons. The average Bonchev–Trinajstić information content (AvgIpc) is 3.13. The summed E-state index contributed by atoms with van der Waals surface area (Å²) in [6.07, 6.45) is 2.14. The predicted octanol–water partition coefficient (Wildman–Crippen LogP) is 7.53. The van der Waals surface area contributed by atoms with Crippen LogP contribution in [0.25, 0.3) is 11.1 Å². The normalized spacial score (nSPS) is 17.4. The number of hydrogen-bond donors (Lipinski definition) is 4. The summed E-state index contributed by atoms with van der Waals surface area (Å²) >= 11 is 1.61. The van der Waals surface area contributed by atoms with Gasteiger partial charge in [-0.15, -0.1) is 11.8 Å². The number of unbranched alkanes of at least 4 members (excludes halogenated alkanes) is 2. The Hall–Kier alpha value is -4.48. The van der Waals surface area contributed by atoms with Gasteiger partial charge in [-0.2, -0.15) is 0 Å². The van der Waals surface area contributed by atoms with Crippen molar-refractivity contribution in [2.24, 2.45) is 0 Å². The Morgan fingerprint density at radius 1 is 0.755 bits per heavy atom. The number of carbonyl (C=O) groups excluding carboxylic acids is 1. The van der Waals surface area contributed by atoms with Gasteiger partial charge in [-0.3, -0.25) is 9.59 Å². The van der Waals surface area contributed by atoms with Crippen molar-refractivity contribution >= 4 is 29.6 Å². The molecule has 0 spiro atoms. The fourth-order valence-electron chi connectivity index (χ4n) is 5.63. The molecule has 4 aromatic carbocycles. The van der Waals surface area contributed by atoms with Crippen LogP contribution in [0.1, 0.15) is 83.5 Å². The van der Waals surface area contributed by atoms with Crippen LogP contribution >= 0.6 is 11.8 Å². The number of carboxylic acid groups (broad SMARTS) is 2. The molecular formula is C39H41NO8S. The molecule has 10 heteroatoms. The monoisotopic (exact) mass is 683 g/mol. The first kappa shape index (κ1) is 35.8. The van der Waals surface area contributed by atoms with Crippen molar-refractivity contribution in [3.63, 3.8) is 0 Å². The van der Waals surface area contributed by atoms with Gasteiger partial charge < -0.3 is 30.1 Å². The van der Waals surface area contributed by atoms with Gasteiger partial charge in [0.2, 0.25) is 5.91 Å². The minimum Gasteiger partial charge on any atom is -0.481 e. The highest BCUT2D eigenvalue weighted by Gasteiger charge is 2.32. The molecule has 0 aromatic heterocycles. The van der Waals surface area contributed by atoms with E-state index < -0.39 is 18.2 Å². The Morgan fingerprint density at radius 3 is 2.16 bits per heavy atom. The number of benzene rings is 4. The summed E-state index contributed by atoms with van der Waals surface area (Å²) in [6.45, 7) is 0.381. The van der Waals surface area contributed by atoms with E-state index in [2.05, 4.69) is 11.4 Å². The SMILES string of the molecule is O=C(O)CCCCCC(=O)NCc1cccc(-c2ccc(C3OC(CSc4ccc(C(=O)O)cc4)CC(c4ccc(CO)cc4)O3)cc2)c1. The van der Waals surface area contributed by atoms with Crippen LogP contribution in [0, 0.1) is 0 Å². The molecule has 3 unspecified atom stereocenters. The highest BCUT2D eigenvalue weighted by atomic mass is 32.2. The number of carbonyl (C=O) groups is 3. The van der Waals surface area contributed by atoms with Crippen LogP contribution in [-0.2, 0) is 32.2 Å². The third-order valence-corrected chi connectivity index (χ3v) is 9.52. The highest BCUT2D eigenvalue weighted by molar-refractivity contribution is 7.99. The lowest BCUT2D eigenvalue weighted by atomic mass is 9.99. The molecule has 0 saturated carbocycles. The van der Waals surface area contributed by atoms with Gasteiger partial charge in [0, 0.05) is 42.0 Å². The summed E-state index contributed by atoms with van der Waals surface area (Å²) < 4.78 is 13.0. The highest BCUT2D eigenvalue weighted by Crippen LogP contribution is 2.40. The van der Waals surface area contributed by atoms with Gasteiger partial charge in [0.1, 0.15) is 0 Å². The molecule has 9 nitrogen and oxygen atoms in total. The van der Waals surface area contributed by atoms with Gasteiger partial charge in [0.15, 0.2) is 6.29 Å². The van der Waals surface area contributed by atoms with E-state index >= 15 is 0 Å². The standard InChI is InChI=1S/C39H41NO8S/c41-24-26-9-11-29(12-10-26)35-22-33(25-49-34-19-17-30(18-20-34)38(45)46)47-39(48-35)31-15-13-28(14-16-31)32-6-4-5-27(21-32)23-40-36(42)7-2-1-3-8-37(43)44/h4-6,9-21,33,35,39,41H,1-3,7-8,22-25H2,(H,40,42)(H,43,44)(H,45,46). The van der Waals surface area contributed by atoms with Crippen LogP contribution in [0.5, 0.6) is 0 Å². The fraction of sp³-hybridized carbons (Fsp3) is 0.308. The Kier molecular flexibility index (Phi) is 13.0. The Labute approximate surface area is 290 Å². The molecule has 5 rings (SSSR count). The number of ether oxygens (including phenoxy) is 2. The van der Waals surface area contributed by atoms with E-state index in [1.165, 1.54) is 0 Å². The zero-order chi connectivity index (χ0) is 34.6. The summed E-state index contributed by atoms with van der Waals surface area (Å²) in [5, 5.41) is 30.4. The maximum absolute atomic E-state index is 12.3. The summed E-state index contributed by atoms with van der Waals surface area (Å²) in [7, 11) is 0. The van der Waals surface area contributed by atoms with Crippen molar-refractivity contribution in [3.05, 3.63) is 125 Å². The number of aliphatic hydroxyl groups excluding tert-OH is 1. The van der Waals surface area contributed by atoms with Crippen molar-refractivity contribution < 1.29 is 39.2 Å². The maximum atomic E-state index is 12.3. The van der Waals surface area contributed by atoms with E-state index in [1.54, 1.807) is 23.9 Å². The largest absolute Gasteiger partial charge is 0.481 e. The lowest BCUT2D eigenvalue weighted by molar-refractivity contribution is -0.245. The molecule has 1 fully saturated rings. The first-order valence-electron chi connectivity index (χ1n) is 16.4. The molecule has 1 amide bonds. The molecule has 0 aliphatic carbocycles. The molecule has 1 saturated heterocycles. The number of aromatic carboxylic acids is 1. The van der Waals surface area contributed by atoms with Crippen LogP contribution in [0.2, 0.25) is 0 Å². The van der Waals surface area contributed by atoms with Crippen molar-refractivity contribution in [1.29, 1.82) is 0 Å². The number of amides is 1. The van der Waals surface area contributed by atoms with Crippen LogP contribution in [0.15, 0.2) is 102 Å². The molecule has 1 heterocycles. The van der Waals surface area contributed by atoms with E-state index in [0.717, 1.165) is 38.3 Å². The van der Waals surface area contributed by atoms with Crippen molar-refractivity contribution in [1.82, 2.24) is 5.32 Å². The molecule has 0 bridgehead atoms.